The molecular weight excluding hydrogens is 483 g/mol. The van der Waals surface area contributed by atoms with Crippen LogP contribution in [0.4, 0.5) is 15.8 Å². The van der Waals surface area contributed by atoms with E-state index in [0.29, 0.717) is 37.2 Å². The molecule has 1 N–H and O–H groups in total. The fourth-order valence-electron chi connectivity index (χ4n) is 5.37. The van der Waals surface area contributed by atoms with Gasteiger partial charge in [-0.05, 0) is 73.4 Å². The zero-order valence-corrected chi connectivity index (χ0v) is 21.4. The number of amides is 3. The van der Waals surface area contributed by atoms with Crippen molar-refractivity contribution in [3.8, 4) is 0 Å². The normalized spacial score (nSPS) is 16.7. The highest BCUT2D eigenvalue weighted by Gasteiger charge is 2.54. The number of aryl methyl sites for hydroxylation is 1. The molecule has 2 aliphatic heterocycles. The molecule has 0 aliphatic carbocycles. The summed E-state index contributed by atoms with van der Waals surface area (Å²) in [6, 6.07) is 22.9. The van der Waals surface area contributed by atoms with Crippen LogP contribution in [0.15, 0.2) is 78.9 Å². The highest BCUT2D eigenvalue weighted by Crippen LogP contribution is 2.39. The lowest BCUT2D eigenvalue weighted by Gasteiger charge is -2.43. The molecule has 0 bridgehead atoms. The van der Waals surface area contributed by atoms with Gasteiger partial charge in [0.05, 0.1) is 6.67 Å². The molecular formula is C30H31FN4O3. The van der Waals surface area contributed by atoms with Gasteiger partial charge in [0.15, 0.2) is 0 Å². The van der Waals surface area contributed by atoms with Crippen LogP contribution in [0.2, 0.25) is 0 Å². The molecule has 196 valence electrons. The topological polar surface area (TPSA) is 73.0 Å². The number of benzene rings is 3. The molecule has 2 heterocycles. The zero-order valence-electron chi connectivity index (χ0n) is 21.4. The van der Waals surface area contributed by atoms with Crippen molar-refractivity contribution in [2.75, 3.05) is 36.5 Å². The Hall–Kier alpha value is -4.20. The summed E-state index contributed by atoms with van der Waals surface area (Å²) in [5.41, 5.74) is 2.36. The summed E-state index contributed by atoms with van der Waals surface area (Å²) in [6.07, 6.45) is 1.85. The number of nitrogens with zero attached hydrogens (tertiary/aromatic N) is 3. The van der Waals surface area contributed by atoms with Crippen molar-refractivity contribution in [1.29, 1.82) is 0 Å². The molecule has 2 fully saturated rings. The minimum Gasteiger partial charge on any atom is -0.339 e. The van der Waals surface area contributed by atoms with Crippen LogP contribution in [0.5, 0.6) is 0 Å². The highest BCUT2D eigenvalue weighted by atomic mass is 19.1. The predicted molar refractivity (Wildman–Crippen MR) is 144 cm³/mol. The maximum absolute atomic E-state index is 13.9. The lowest BCUT2D eigenvalue weighted by Crippen LogP contribution is -2.57. The monoisotopic (exact) mass is 514 g/mol. The molecule has 0 atom stereocenters. The van der Waals surface area contributed by atoms with E-state index in [9.17, 15) is 18.8 Å². The number of nitrogens with one attached hydrogen (secondary N) is 1. The highest BCUT2D eigenvalue weighted by molar-refractivity contribution is 6.00. The fourth-order valence-corrected chi connectivity index (χ4v) is 5.37. The second kappa shape index (κ2) is 10.7. The summed E-state index contributed by atoms with van der Waals surface area (Å²) in [4.78, 5) is 45.3. The van der Waals surface area contributed by atoms with Crippen molar-refractivity contribution in [1.82, 2.24) is 9.80 Å². The molecule has 2 saturated heterocycles. The van der Waals surface area contributed by atoms with E-state index in [4.69, 9.17) is 0 Å². The van der Waals surface area contributed by atoms with Crippen molar-refractivity contribution in [3.63, 3.8) is 0 Å². The molecule has 0 unspecified atom stereocenters. The average Bonchev–Trinajstić information content (AvgIpc) is 3.21. The molecule has 38 heavy (non-hydrogen) atoms. The van der Waals surface area contributed by atoms with Crippen LogP contribution in [0, 0.1) is 5.82 Å². The van der Waals surface area contributed by atoms with E-state index >= 15 is 0 Å². The maximum atomic E-state index is 13.9. The lowest BCUT2D eigenvalue weighted by molar-refractivity contribution is -0.136. The Labute approximate surface area is 221 Å². The molecule has 3 aromatic carbocycles. The van der Waals surface area contributed by atoms with Gasteiger partial charge in [-0.25, -0.2) is 4.39 Å². The Morgan fingerprint density at radius 3 is 2.21 bits per heavy atom. The number of likely N-dealkylation sites (tertiary alicyclic amines) is 1. The molecule has 7 nitrogen and oxygen atoms in total. The van der Waals surface area contributed by atoms with Crippen LogP contribution in [0.25, 0.3) is 0 Å². The van der Waals surface area contributed by atoms with Crippen LogP contribution in [-0.4, -0.2) is 59.4 Å². The Morgan fingerprint density at radius 2 is 1.58 bits per heavy atom. The lowest BCUT2D eigenvalue weighted by atomic mass is 9.85. The van der Waals surface area contributed by atoms with Gasteiger partial charge in [0.2, 0.25) is 5.91 Å². The number of anilines is 2. The smallest absolute Gasteiger partial charge is 0.253 e. The van der Waals surface area contributed by atoms with Crippen molar-refractivity contribution >= 4 is 29.1 Å². The Morgan fingerprint density at radius 1 is 0.921 bits per heavy atom. The number of para-hydroxylation sites is 1. The van der Waals surface area contributed by atoms with Gasteiger partial charge in [-0.3, -0.25) is 14.4 Å². The van der Waals surface area contributed by atoms with Crippen LogP contribution < -0.4 is 10.2 Å². The summed E-state index contributed by atoms with van der Waals surface area (Å²) < 4.78 is 13.2. The number of hydrogen-bond acceptors (Lipinski definition) is 4. The third kappa shape index (κ3) is 4.98. The second-order valence-corrected chi connectivity index (χ2v) is 9.84. The van der Waals surface area contributed by atoms with Gasteiger partial charge in [0, 0.05) is 30.0 Å². The van der Waals surface area contributed by atoms with Gasteiger partial charge in [-0.2, -0.15) is 0 Å². The predicted octanol–water partition coefficient (Wildman–Crippen LogP) is 4.31. The van der Waals surface area contributed by atoms with Gasteiger partial charge in [-0.1, -0.05) is 37.3 Å². The molecule has 3 amide bonds. The van der Waals surface area contributed by atoms with E-state index in [1.165, 1.54) is 29.8 Å². The van der Waals surface area contributed by atoms with Gasteiger partial charge in [-0.15, -0.1) is 0 Å². The first-order valence-electron chi connectivity index (χ1n) is 13.0. The van der Waals surface area contributed by atoms with Gasteiger partial charge >= 0.3 is 0 Å². The largest absolute Gasteiger partial charge is 0.339 e. The zero-order chi connectivity index (χ0) is 26.7. The minimum atomic E-state index is -0.833. The van der Waals surface area contributed by atoms with Crippen LogP contribution in [0.3, 0.4) is 0 Å². The molecule has 2 aliphatic rings. The number of carbonyl (C=O) groups excluding carboxylic acids is 3. The molecule has 3 aromatic rings. The number of halogens is 1. The number of rotatable bonds is 6. The van der Waals surface area contributed by atoms with Gasteiger partial charge < -0.3 is 20.0 Å². The standard InChI is InChI=1S/C30H31FN4O3/c1-2-22-8-10-23(11-9-22)28(37)33-18-16-30(17-19-33)29(38)34(21-35(30)26-6-4-3-5-7-26)20-27(36)32-25-14-12-24(31)13-15-25/h3-15H,2,16-21H2,1H3,(H,32,36). The minimum absolute atomic E-state index is 0.0326. The Bertz CT molecular complexity index is 1300. The molecule has 0 aromatic heterocycles. The first-order chi connectivity index (χ1) is 18.4. The van der Waals surface area contributed by atoms with E-state index in [2.05, 4.69) is 17.1 Å². The number of piperidine rings is 1. The van der Waals surface area contributed by atoms with Gasteiger partial charge in [0.25, 0.3) is 11.8 Å². The first-order valence-corrected chi connectivity index (χ1v) is 13.0. The molecule has 0 radical (unpaired) electrons. The van der Waals surface area contributed by atoms with Gasteiger partial charge in [0.1, 0.15) is 17.9 Å². The van der Waals surface area contributed by atoms with E-state index in [1.54, 1.807) is 4.90 Å². The third-order valence-corrected chi connectivity index (χ3v) is 7.53. The summed E-state index contributed by atoms with van der Waals surface area (Å²) in [7, 11) is 0. The van der Waals surface area contributed by atoms with Crippen molar-refractivity contribution in [2.24, 2.45) is 0 Å². The number of carbonyl (C=O) groups is 3. The van der Waals surface area contributed by atoms with E-state index in [0.717, 1.165) is 12.1 Å². The molecule has 1 spiro atoms. The average molecular weight is 515 g/mol. The van der Waals surface area contributed by atoms with Crippen molar-refractivity contribution < 1.29 is 18.8 Å². The molecule has 8 heteroatoms. The summed E-state index contributed by atoms with van der Waals surface area (Å²) >= 11 is 0. The molecule has 0 saturated carbocycles. The summed E-state index contributed by atoms with van der Waals surface area (Å²) in [5.74, 6) is -0.885. The maximum Gasteiger partial charge on any atom is 0.253 e. The van der Waals surface area contributed by atoms with Crippen LogP contribution >= 0.6 is 0 Å². The van der Waals surface area contributed by atoms with Crippen LogP contribution in [-0.2, 0) is 16.0 Å². The third-order valence-electron chi connectivity index (χ3n) is 7.53. The van der Waals surface area contributed by atoms with Crippen molar-refractivity contribution in [3.05, 3.63) is 95.8 Å². The van der Waals surface area contributed by atoms with Crippen LogP contribution in [0.1, 0.15) is 35.7 Å². The Balaban J connectivity index is 1.32. The van der Waals surface area contributed by atoms with E-state index in [-0.39, 0.29) is 36.8 Å². The quantitative estimate of drug-likeness (QED) is 0.532. The SMILES string of the molecule is CCc1ccc(C(=O)N2CCC3(CC2)C(=O)N(CC(=O)Nc2ccc(F)cc2)CN3c2ccccc2)cc1. The van der Waals surface area contributed by atoms with Crippen molar-refractivity contribution in [2.45, 2.75) is 31.7 Å². The Kier molecular flexibility index (Phi) is 7.13. The first kappa shape index (κ1) is 25.4. The van der Waals surface area contributed by atoms with E-state index in [1.807, 2.05) is 59.5 Å². The molecule has 5 rings (SSSR count). The second-order valence-electron chi connectivity index (χ2n) is 9.84. The summed E-state index contributed by atoms with van der Waals surface area (Å²) in [5, 5.41) is 2.74. The van der Waals surface area contributed by atoms with E-state index < -0.39 is 5.54 Å². The number of hydrogen-bond donors (Lipinski definition) is 1. The fraction of sp³-hybridized carbons (Fsp3) is 0.300. The summed E-state index contributed by atoms with van der Waals surface area (Å²) in [6.45, 7) is 3.12.